The van der Waals surface area contributed by atoms with Gasteiger partial charge in [-0.15, -0.1) is 11.3 Å². The lowest BCUT2D eigenvalue weighted by molar-refractivity contribution is 0.404. The van der Waals surface area contributed by atoms with Crippen LogP contribution in [0.15, 0.2) is 16.3 Å². The molecule has 1 heterocycles. The van der Waals surface area contributed by atoms with E-state index in [0.29, 0.717) is 10.8 Å². The Hall–Kier alpha value is -0.430. The Bertz CT molecular complexity index is 492. The molecule has 0 radical (unpaired) electrons. The van der Waals surface area contributed by atoms with E-state index in [9.17, 15) is 8.42 Å². The molecule has 1 fully saturated rings. The molecule has 18 heavy (non-hydrogen) atoms. The quantitative estimate of drug-likeness (QED) is 0.835. The van der Waals surface area contributed by atoms with Crippen LogP contribution in [0.3, 0.4) is 0 Å². The topological polar surface area (TPSA) is 49.4 Å². The fraction of sp³-hybridized carbons (Fsp3) is 0.667. The lowest BCUT2D eigenvalue weighted by atomic mass is 10.5. The van der Waals surface area contributed by atoms with Gasteiger partial charge >= 0.3 is 0 Å². The van der Waals surface area contributed by atoms with E-state index in [1.807, 2.05) is 20.0 Å². The van der Waals surface area contributed by atoms with Crippen LogP contribution < -0.4 is 5.32 Å². The van der Waals surface area contributed by atoms with E-state index in [2.05, 4.69) is 5.32 Å². The van der Waals surface area contributed by atoms with E-state index < -0.39 is 10.0 Å². The van der Waals surface area contributed by atoms with Gasteiger partial charge in [0.25, 0.3) is 10.0 Å². The van der Waals surface area contributed by atoms with Gasteiger partial charge in [0.05, 0.1) is 0 Å². The summed E-state index contributed by atoms with van der Waals surface area (Å²) in [6, 6.07) is 3.87. The zero-order chi connectivity index (χ0) is 13.2. The second-order valence-electron chi connectivity index (χ2n) is 4.60. The predicted molar refractivity (Wildman–Crippen MR) is 74.3 cm³/mol. The highest BCUT2D eigenvalue weighted by molar-refractivity contribution is 7.91. The molecule has 1 aliphatic rings. The molecule has 1 saturated carbocycles. The summed E-state index contributed by atoms with van der Waals surface area (Å²) in [4.78, 5) is 1.06. The maximum atomic E-state index is 12.5. The third-order valence-electron chi connectivity index (χ3n) is 2.95. The van der Waals surface area contributed by atoms with Crippen molar-refractivity contribution in [3.05, 3.63) is 17.0 Å². The molecule has 0 aromatic carbocycles. The van der Waals surface area contributed by atoms with Gasteiger partial charge in [0.1, 0.15) is 4.21 Å². The highest BCUT2D eigenvalue weighted by atomic mass is 32.2. The lowest BCUT2D eigenvalue weighted by Crippen LogP contribution is -2.33. The molecule has 0 unspecified atom stereocenters. The molecule has 102 valence electrons. The number of hydrogen-bond donors (Lipinski definition) is 1. The smallest absolute Gasteiger partial charge is 0.252 e. The Kier molecular flexibility index (Phi) is 4.42. The van der Waals surface area contributed by atoms with E-state index in [4.69, 9.17) is 0 Å². The zero-order valence-corrected chi connectivity index (χ0v) is 12.5. The highest BCUT2D eigenvalue weighted by Crippen LogP contribution is 2.34. The Morgan fingerprint density at radius 3 is 2.72 bits per heavy atom. The minimum absolute atomic E-state index is 0.241. The van der Waals surface area contributed by atoms with Crippen LogP contribution in [0.1, 0.15) is 31.1 Å². The molecule has 1 aliphatic carbocycles. The van der Waals surface area contributed by atoms with E-state index in [-0.39, 0.29) is 6.04 Å². The van der Waals surface area contributed by atoms with E-state index >= 15 is 0 Å². The van der Waals surface area contributed by atoms with Crippen LogP contribution in [0.25, 0.3) is 0 Å². The van der Waals surface area contributed by atoms with Crippen molar-refractivity contribution in [1.82, 2.24) is 9.62 Å². The minimum Gasteiger partial charge on any atom is -0.315 e. The van der Waals surface area contributed by atoms with Crippen LogP contribution in [0.4, 0.5) is 0 Å². The summed E-state index contributed by atoms with van der Waals surface area (Å²) in [5, 5.41) is 3.04. The first-order valence-corrected chi connectivity index (χ1v) is 8.60. The largest absolute Gasteiger partial charge is 0.315 e. The number of thiophene rings is 1. The summed E-state index contributed by atoms with van der Waals surface area (Å²) < 4.78 is 27.2. The Morgan fingerprint density at radius 1 is 1.44 bits per heavy atom. The molecular formula is C12H20N2O2S2. The second kappa shape index (κ2) is 5.69. The lowest BCUT2D eigenvalue weighted by Gasteiger charge is -2.20. The average molecular weight is 288 g/mol. The Balaban J connectivity index is 2.21. The van der Waals surface area contributed by atoms with E-state index in [1.165, 1.54) is 11.3 Å². The normalized spacial score (nSPS) is 16.4. The van der Waals surface area contributed by atoms with Gasteiger partial charge < -0.3 is 5.32 Å². The van der Waals surface area contributed by atoms with Crippen LogP contribution >= 0.6 is 11.3 Å². The summed E-state index contributed by atoms with van der Waals surface area (Å²) >= 11 is 1.37. The molecule has 4 nitrogen and oxygen atoms in total. The van der Waals surface area contributed by atoms with Gasteiger partial charge in [-0.25, -0.2) is 8.42 Å². The van der Waals surface area contributed by atoms with Gasteiger partial charge in [0.2, 0.25) is 0 Å². The fourth-order valence-corrected chi connectivity index (χ4v) is 5.24. The Labute approximate surface area is 113 Å². The number of sulfonamides is 1. The predicted octanol–water partition coefficient (Wildman–Crippen LogP) is 2.03. The Morgan fingerprint density at radius 2 is 2.17 bits per heavy atom. The molecule has 6 heteroatoms. The van der Waals surface area contributed by atoms with Gasteiger partial charge in [-0.2, -0.15) is 4.31 Å². The van der Waals surface area contributed by atoms with Crippen LogP contribution in [-0.4, -0.2) is 32.4 Å². The van der Waals surface area contributed by atoms with Crippen molar-refractivity contribution in [1.29, 1.82) is 0 Å². The molecule has 1 aromatic rings. The molecular weight excluding hydrogens is 268 g/mol. The summed E-state index contributed by atoms with van der Waals surface area (Å²) in [5.41, 5.74) is 0. The minimum atomic E-state index is -3.27. The van der Waals surface area contributed by atoms with Crippen LogP contribution in [0.5, 0.6) is 0 Å². The van der Waals surface area contributed by atoms with Crippen LogP contribution in [0, 0.1) is 0 Å². The van der Waals surface area contributed by atoms with E-state index in [1.54, 1.807) is 10.4 Å². The third kappa shape index (κ3) is 2.93. The SMILES string of the molecule is CCCN(C1CC1)S(=O)(=O)c1ccc(CNC)s1. The average Bonchev–Trinajstić information content (AvgIpc) is 3.05. The monoisotopic (exact) mass is 288 g/mol. The summed E-state index contributed by atoms with van der Waals surface area (Å²) in [6.07, 6.45) is 2.88. The maximum Gasteiger partial charge on any atom is 0.252 e. The third-order valence-corrected chi connectivity index (χ3v) is 6.45. The van der Waals surface area contributed by atoms with Crippen molar-refractivity contribution >= 4 is 21.4 Å². The summed E-state index contributed by atoms with van der Waals surface area (Å²) in [7, 11) is -1.41. The van der Waals surface area contributed by atoms with E-state index in [0.717, 1.165) is 30.7 Å². The standard InChI is InChI=1S/C12H20N2O2S2/c1-3-8-14(10-4-5-10)18(15,16)12-7-6-11(17-12)9-13-2/h6-7,10,13H,3-5,8-9H2,1-2H3. The number of nitrogens with zero attached hydrogens (tertiary/aromatic N) is 1. The molecule has 0 atom stereocenters. The first-order valence-electron chi connectivity index (χ1n) is 6.34. The number of rotatable bonds is 7. The molecule has 1 aromatic heterocycles. The van der Waals surface area contributed by atoms with Gasteiger partial charge in [-0.1, -0.05) is 6.92 Å². The summed E-state index contributed by atoms with van der Waals surface area (Å²) in [5.74, 6) is 0. The first-order chi connectivity index (χ1) is 8.59. The molecule has 1 N–H and O–H groups in total. The maximum absolute atomic E-state index is 12.5. The fourth-order valence-electron chi connectivity index (χ4n) is 1.96. The zero-order valence-electron chi connectivity index (χ0n) is 10.8. The molecule has 0 saturated heterocycles. The van der Waals surface area contributed by atoms with Crippen LogP contribution in [-0.2, 0) is 16.6 Å². The number of nitrogens with one attached hydrogen (secondary N) is 1. The molecule has 0 amide bonds. The van der Waals surface area contributed by atoms with Gasteiger partial charge in [-0.05, 0) is 38.4 Å². The van der Waals surface area contributed by atoms with Gasteiger partial charge in [0, 0.05) is 24.0 Å². The molecule has 0 aliphatic heterocycles. The van der Waals surface area contributed by atoms with Crippen molar-refractivity contribution in [3.8, 4) is 0 Å². The highest BCUT2D eigenvalue weighted by Gasteiger charge is 2.37. The second-order valence-corrected chi connectivity index (χ2v) is 7.88. The van der Waals surface area contributed by atoms with Gasteiger partial charge in [-0.3, -0.25) is 0 Å². The van der Waals surface area contributed by atoms with Crippen molar-refractivity contribution in [2.75, 3.05) is 13.6 Å². The molecule has 0 spiro atoms. The van der Waals surface area contributed by atoms with Crippen molar-refractivity contribution in [2.24, 2.45) is 0 Å². The number of hydrogen-bond acceptors (Lipinski definition) is 4. The van der Waals surface area contributed by atoms with Gasteiger partial charge in [0.15, 0.2) is 0 Å². The van der Waals surface area contributed by atoms with Crippen molar-refractivity contribution in [2.45, 2.75) is 43.0 Å². The van der Waals surface area contributed by atoms with Crippen LogP contribution in [0.2, 0.25) is 0 Å². The summed E-state index contributed by atoms with van der Waals surface area (Å²) in [6.45, 7) is 3.37. The molecule has 0 bridgehead atoms. The first kappa shape index (κ1) is 14.0. The van der Waals surface area contributed by atoms with Crippen molar-refractivity contribution in [3.63, 3.8) is 0 Å². The van der Waals surface area contributed by atoms with Crippen molar-refractivity contribution < 1.29 is 8.42 Å². The molecule has 2 rings (SSSR count).